The number of nitriles is 1. The maximum atomic E-state index is 13.3. The van der Waals surface area contributed by atoms with Crippen LogP contribution in [0.1, 0.15) is 24.0 Å². The third-order valence-electron chi connectivity index (χ3n) is 3.03. The molecule has 102 valence electrons. The van der Waals surface area contributed by atoms with Crippen molar-refractivity contribution in [3.8, 4) is 11.8 Å². The van der Waals surface area contributed by atoms with Crippen molar-refractivity contribution in [3.63, 3.8) is 0 Å². The van der Waals surface area contributed by atoms with E-state index in [-0.39, 0.29) is 5.56 Å². The van der Waals surface area contributed by atoms with Crippen molar-refractivity contribution in [3.05, 3.63) is 65.5 Å². The molecular formula is C17H16FNO. The van der Waals surface area contributed by atoms with E-state index in [4.69, 9.17) is 10.00 Å². The van der Waals surface area contributed by atoms with Gasteiger partial charge in [-0.2, -0.15) is 5.26 Å². The van der Waals surface area contributed by atoms with E-state index in [9.17, 15) is 4.39 Å². The fraction of sp³-hybridized carbons (Fsp3) is 0.235. The van der Waals surface area contributed by atoms with Gasteiger partial charge in [-0.25, -0.2) is 4.39 Å². The van der Waals surface area contributed by atoms with Crippen molar-refractivity contribution < 1.29 is 9.13 Å². The fourth-order valence-electron chi connectivity index (χ4n) is 1.94. The van der Waals surface area contributed by atoms with E-state index < -0.39 is 5.82 Å². The highest BCUT2D eigenvalue weighted by molar-refractivity contribution is 5.36. The van der Waals surface area contributed by atoms with E-state index in [2.05, 4.69) is 12.1 Å². The van der Waals surface area contributed by atoms with Gasteiger partial charge in [0.25, 0.3) is 0 Å². The number of benzene rings is 2. The van der Waals surface area contributed by atoms with Gasteiger partial charge < -0.3 is 4.74 Å². The van der Waals surface area contributed by atoms with Crippen molar-refractivity contribution in [2.24, 2.45) is 0 Å². The van der Waals surface area contributed by atoms with Crippen LogP contribution in [-0.2, 0) is 6.42 Å². The molecule has 0 saturated carbocycles. The number of hydrogen-bond acceptors (Lipinski definition) is 2. The van der Waals surface area contributed by atoms with E-state index in [1.54, 1.807) is 12.1 Å². The second-order valence-corrected chi connectivity index (χ2v) is 4.54. The number of nitrogens with zero attached hydrogens (tertiary/aromatic N) is 1. The summed E-state index contributed by atoms with van der Waals surface area (Å²) in [5, 5.41) is 8.63. The summed E-state index contributed by atoms with van der Waals surface area (Å²) >= 11 is 0. The lowest BCUT2D eigenvalue weighted by atomic mass is 10.1. The second-order valence-electron chi connectivity index (χ2n) is 4.54. The molecule has 0 fully saturated rings. The van der Waals surface area contributed by atoms with Crippen LogP contribution in [0.3, 0.4) is 0 Å². The highest BCUT2D eigenvalue weighted by Gasteiger charge is 2.03. The van der Waals surface area contributed by atoms with Crippen LogP contribution in [0.15, 0.2) is 48.5 Å². The van der Waals surface area contributed by atoms with Crippen LogP contribution in [0.5, 0.6) is 5.75 Å². The monoisotopic (exact) mass is 269 g/mol. The van der Waals surface area contributed by atoms with Crippen LogP contribution in [0.25, 0.3) is 0 Å². The van der Waals surface area contributed by atoms with Gasteiger partial charge >= 0.3 is 0 Å². The van der Waals surface area contributed by atoms with Gasteiger partial charge in [-0.05, 0) is 37.0 Å². The summed E-state index contributed by atoms with van der Waals surface area (Å²) in [6, 6.07) is 16.4. The molecule has 3 heteroatoms. The summed E-state index contributed by atoms with van der Waals surface area (Å²) in [6.45, 7) is 0.554. The SMILES string of the molecule is N#Cc1ccc(OCCCCc2ccccc2)cc1F. The smallest absolute Gasteiger partial charge is 0.144 e. The molecule has 0 radical (unpaired) electrons. The third kappa shape index (κ3) is 4.10. The maximum absolute atomic E-state index is 13.3. The summed E-state index contributed by atoms with van der Waals surface area (Å²) in [5.74, 6) is -0.0597. The van der Waals surface area contributed by atoms with Crippen molar-refractivity contribution in [2.75, 3.05) is 6.61 Å². The molecule has 0 bridgehead atoms. The molecule has 2 nitrogen and oxygen atoms in total. The van der Waals surface area contributed by atoms with Crippen LogP contribution in [0.2, 0.25) is 0 Å². The van der Waals surface area contributed by atoms with Gasteiger partial charge in [0, 0.05) is 6.07 Å². The van der Waals surface area contributed by atoms with Crippen molar-refractivity contribution in [1.82, 2.24) is 0 Å². The molecule has 20 heavy (non-hydrogen) atoms. The van der Waals surface area contributed by atoms with Gasteiger partial charge in [-0.15, -0.1) is 0 Å². The van der Waals surface area contributed by atoms with E-state index >= 15 is 0 Å². The van der Waals surface area contributed by atoms with Crippen molar-refractivity contribution in [1.29, 1.82) is 5.26 Å². The van der Waals surface area contributed by atoms with Crippen LogP contribution in [0, 0.1) is 17.1 Å². The molecule has 0 heterocycles. The van der Waals surface area contributed by atoms with Gasteiger partial charge in [0.15, 0.2) is 0 Å². The number of hydrogen-bond donors (Lipinski definition) is 0. The molecular weight excluding hydrogens is 253 g/mol. The standard InChI is InChI=1S/C17H16FNO/c18-17-12-16(10-9-15(17)13-19)20-11-5-4-8-14-6-2-1-3-7-14/h1-3,6-7,9-10,12H,4-5,8,11H2. The molecule has 0 aliphatic rings. The summed E-state index contributed by atoms with van der Waals surface area (Å²) < 4.78 is 18.8. The molecule has 0 spiro atoms. The first-order valence-electron chi connectivity index (χ1n) is 6.66. The van der Waals surface area contributed by atoms with Crippen LogP contribution in [0.4, 0.5) is 4.39 Å². The molecule has 2 aromatic carbocycles. The molecule has 0 atom stereocenters. The van der Waals surface area contributed by atoms with Gasteiger partial charge in [0.1, 0.15) is 17.6 Å². The normalized spacial score (nSPS) is 10.0. The molecule has 2 rings (SSSR count). The Kier molecular flexibility index (Phi) is 5.14. The highest BCUT2D eigenvalue weighted by atomic mass is 19.1. The van der Waals surface area contributed by atoms with Gasteiger partial charge in [0.05, 0.1) is 12.2 Å². The number of unbranched alkanes of at least 4 members (excludes halogenated alkanes) is 1. The van der Waals surface area contributed by atoms with E-state index in [0.29, 0.717) is 12.4 Å². The Morgan fingerprint density at radius 3 is 2.55 bits per heavy atom. The Balaban J connectivity index is 1.71. The summed E-state index contributed by atoms with van der Waals surface area (Å²) in [7, 11) is 0. The Labute approximate surface area is 118 Å². The molecule has 2 aromatic rings. The Hall–Kier alpha value is -2.34. The minimum absolute atomic E-state index is 0.0430. The fourth-order valence-corrected chi connectivity index (χ4v) is 1.94. The van der Waals surface area contributed by atoms with E-state index in [0.717, 1.165) is 19.3 Å². The van der Waals surface area contributed by atoms with Crippen LogP contribution < -0.4 is 4.74 Å². The van der Waals surface area contributed by atoms with Gasteiger partial charge in [-0.3, -0.25) is 0 Å². The Bertz CT molecular complexity index is 590. The minimum Gasteiger partial charge on any atom is -0.493 e. The zero-order valence-corrected chi connectivity index (χ0v) is 11.2. The van der Waals surface area contributed by atoms with Crippen LogP contribution >= 0.6 is 0 Å². The molecule has 0 aromatic heterocycles. The molecule has 0 saturated heterocycles. The quantitative estimate of drug-likeness (QED) is 0.740. The third-order valence-corrected chi connectivity index (χ3v) is 3.03. The van der Waals surface area contributed by atoms with Crippen molar-refractivity contribution >= 4 is 0 Å². The first-order chi connectivity index (χ1) is 9.79. The second kappa shape index (κ2) is 7.30. The number of aryl methyl sites for hydroxylation is 1. The minimum atomic E-state index is -0.533. The average molecular weight is 269 g/mol. The first kappa shape index (κ1) is 14.1. The lowest BCUT2D eigenvalue weighted by molar-refractivity contribution is 0.305. The van der Waals surface area contributed by atoms with Gasteiger partial charge in [-0.1, -0.05) is 30.3 Å². The number of halogens is 1. The predicted molar refractivity (Wildman–Crippen MR) is 76.0 cm³/mol. The maximum Gasteiger partial charge on any atom is 0.144 e. The Morgan fingerprint density at radius 1 is 1.05 bits per heavy atom. The van der Waals surface area contributed by atoms with Crippen LogP contribution in [-0.4, -0.2) is 6.61 Å². The number of ether oxygens (including phenoxy) is 1. The van der Waals surface area contributed by atoms with Gasteiger partial charge in [0.2, 0.25) is 0 Å². The summed E-state index contributed by atoms with van der Waals surface area (Å²) in [4.78, 5) is 0. The molecule has 0 amide bonds. The first-order valence-corrected chi connectivity index (χ1v) is 6.66. The molecule has 0 aliphatic carbocycles. The largest absolute Gasteiger partial charge is 0.493 e. The molecule has 0 N–H and O–H groups in total. The van der Waals surface area contributed by atoms with E-state index in [1.165, 1.54) is 17.7 Å². The van der Waals surface area contributed by atoms with E-state index in [1.807, 2.05) is 18.2 Å². The summed E-state index contributed by atoms with van der Waals surface area (Å²) in [6.07, 6.45) is 2.96. The predicted octanol–water partition coefficient (Wildman–Crippen LogP) is 4.10. The Morgan fingerprint density at radius 2 is 1.85 bits per heavy atom. The van der Waals surface area contributed by atoms with Crippen molar-refractivity contribution in [2.45, 2.75) is 19.3 Å². The highest BCUT2D eigenvalue weighted by Crippen LogP contribution is 2.16. The zero-order valence-electron chi connectivity index (χ0n) is 11.2. The topological polar surface area (TPSA) is 33.0 Å². The lowest BCUT2D eigenvalue weighted by Crippen LogP contribution is -1.99. The molecule has 0 unspecified atom stereocenters. The summed E-state index contributed by atoms with van der Waals surface area (Å²) in [5.41, 5.74) is 1.36. The average Bonchev–Trinajstić information content (AvgIpc) is 2.48. The molecule has 0 aliphatic heterocycles. The lowest BCUT2D eigenvalue weighted by Gasteiger charge is -2.06. The zero-order chi connectivity index (χ0) is 14.2. The number of rotatable bonds is 6.